The molecule has 0 spiro atoms. The monoisotopic (exact) mass is 427 g/mol. The molecule has 0 aliphatic rings. The zero-order valence-corrected chi connectivity index (χ0v) is 17.2. The van der Waals surface area contributed by atoms with Gasteiger partial charge in [0.2, 0.25) is 5.82 Å². The molecule has 1 atom stereocenters. The van der Waals surface area contributed by atoms with Crippen LogP contribution in [-0.2, 0) is 4.79 Å². The van der Waals surface area contributed by atoms with Crippen molar-refractivity contribution in [2.45, 2.75) is 51.5 Å². The Morgan fingerprint density at radius 2 is 2.10 bits per heavy atom. The Balaban J connectivity index is 1.75. The Morgan fingerprint density at radius 3 is 2.81 bits per heavy atom. The first kappa shape index (κ1) is 21.9. The maximum absolute atomic E-state index is 12.8. The third-order valence-corrected chi connectivity index (χ3v) is 4.92. The summed E-state index contributed by atoms with van der Waals surface area (Å²) >= 11 is 0. The van der Waals surface area contributed by atoms with Gasteiger partial charge in [-0.3, -0.25) is 9.59 Å². The predicted octanol–water partition coefficient (Wildman–Crippen LogP) is 3.01. The van der Waals surface area contributed by atoms with Crippen LogP contribution in [0.2, 0.25) is 0 Å². The molecule has 3 rings (SSSR count). The van der Waals surface area contributed by atoms with Crippen LogP contribution in [0.5, 0.6) is 5.75 Å². The number of carboxylic acids is 1. The molecule has 4 N–H and O–H groups in total. The van der Waals surface area contributed by atoms with E-state index < -0.39 is 11.9 Å². The van der Waals surface area contributed by atoms with Crippen molar-refractivity contribution in [1.82, 2.24) is 30.2 Å². The number of aromatic nitrogens is 6. The Hall–Kier alpha value is -3.76. The van der Waals surface area contributed by atoms with E-state index in [4.69, 9.17) is 0 Å². The van der Waals surface area contributed by atoms with Crippen LogP contribution >= 0.6 is 0 Å². The number of aromatic amines is 1. The van der Waals surface area contributed by atoms with Gasteiger partial charge in [0.05, 0.1) is 23.9 Å². The molecule has 0 aliphatic carbocycles. The molecule has 164 valence electrons. The number of amides is 1. The molecule has 0 radical (unpaired) electrons. The van der Waals surface area contributed by atoms with Gasteiger partial charge in [0.25, 0.3) is 5.91 Å². The van der Waals surface area contributed by atoms with Gasteiger partial charge >= 0.3 is 5.97 Å². The normalized spacial score (nSPS) is 11.9. The number of unbranched alkanes of at least 4 members (excludes halogenated alkanes) is 3. The lowest BCUT2D eigenvalue weighted by molar-refractivity contribution is -0.138. The van der Waals surface area contributed by atoms with Crippen molar-refractivity contribution in [2.75, 3.05) is 5.32 Å². The van der Waals surface area contributed by atoms with E-state index in [1.165, 1.54) is 24.5 Å². The molecule has 11 nitrogen and oxygen atoms in total. The summed E-state index contributed by atoms with van der Waals surface area (Å²) in [5.74, 6) is -1.20. The van der Waals surface area contributed by atoms with E-state index in [2.05, 4.69) is 37.8 Å². The molecule has 1 aromatic carbocycles. The van der Waals surface area contributed by atoms with Gasteiger partial charge in [0, 0.05) is 12.2 Å². The summed E-state index contributed by atoms with van der Waals surface area (Å²) in [6.07, 6.45) is 8.00. The average molecular weight is 427 g/mol. The third-order valence-electron chi connectivity index (χ3n) is 4.92. The summed E-state index contributed by atoms with van der Waals surface area (Å²) in [7, 11) is 0. The number of carboxylic acid groups (broad SMARTS) is 1. The fourth-order valence-corrected chi connectivity index (χ4v) is 3.38. The van der Waals surface area contributed by atoms with Crippen molar-refractivity contribution in [1.29, 1.82) is 0 Å². The van der Waals surface area contributed by atoms with Crippen LogP contribution in [0.1, 0.15) is 61.8 Å². The van der Waals surface area contributed by atoms with Gasteiger partial charge in [-0.25, -0.2) is 4.98 Å². The number of H-pyrrole nitrogens is 1. The average Bonchev–Trinajstić information content (AvgIpc) is 3.42. The smallest absolute Gasteiger partial charge is 0.305 e. The van der Waals surface area contributed by atoms with Gasteiger partial charge < -0.3 is 20.1 Å². The van der Waals surface area contributed by atoms with Crippen LogP contribution in [0, 0.1) is 0 Å². The quantitative estimate of drug-likeness (QED) is 0.340. The lowest BCUT2D eigenvalue weighted by Gasteiger charge is -2.16. The second-order valence-corrected chi connectivity index (χ2v) is 7.20. The molecular formula is C20H25N7O4. The highest BCUT2D eigenvalue weighted by molar-refractivity contribution is 6.08. The minimum atomic E-state index is -0.885. The number of hydrogen-bond donors (Lipinski definition) is 4. The van der Waals surface area contributed by atoms with E-state index >= 15 is 0 Å². The van der Waals surface area contributed by atoms with Crippen molar-refractivity contribution in [3.63, 3.8) is 0 Å². The Morgan fingerprint density at radius 1 is 1.26 bits per heavy atom. The van der Waals surface area contributed by atoms with Crippen molar-refractivity contribution >= 4 is 17.7 Å². The van der Waals surface area contributed by atoms with Crippen LogP contribution in [0.15, 0.2) is 30.7 Å². The minimum Gasteiger partial charge on any atom is -0.507 e. The topological polar surface area (TPSA) is 159 Å². The SMILES string of the molecule is CCCCCCC(CC(=O)O)n1cnc(NC(=O)c2cccc(O)c2-c2nn[nH]n2)c1. The molecule has 0 bridgehead atoms. The first-order chi connectivity index (χ1) is 15.0. The van der Waals surface area contributed by atoms with E-state index in [9.17, 15) is 19.8 Å². The summed E-state index contributed by atoms with van der Waals surface area (Å²) in [5.41, 5.74) is 0.297. The molecule has 0 fully saturated rings. The second-order valence-electron chi connectivity index (χ2n) is 7.20. The number of rotatable bonds is 11. The number of carbonyl (C=O) groups excluding carboxylic acids is 1. The predicted molar refractivity (Wildman–Crippen MR) is 112 cm³/mol. The number of anilines is 1. The molecule has 3 aromatic rings. The number of imidazole rings is 1. The van der Waals surface area contributed by atoms with Crippen LogP contribution in [0.3, 0.4) is 0 Å². The largest absolute Gasteiger partial charge is 0.507 e. The number of tetrazole rings is 1. The minimum absolute atomic E-state index is 0.0234. The van der Waals surface area contributed by atoms with Crippen molar-refractivity contribution in [3.8, 4) is 17.1 Å². The number of carbonyl (C=O) groups is 2. The highest BCUT2D eigenvalue weighted by Crippen LogP contribution is 2.30. The highest BCUT2D eigenvalue weighted by atomic mass is 16.4. The molecular weight excluding hydrogens is 402 g/mol. The molecule has 11 heteroatoms. The molecule has 1 unspecified atom stereocenters. The van der Waals surface area contributed by atoms with Gasteiger partial charge in [0.15, 0.2) is 5.82 Å². The summed E-state index contributed by atoms with van der Waals surface area (Å²) in [6, 6.07) is 4.24. The van der Waals surface area contributed by atoms with Gasteiger partial charge in [-0.05, 0) is 23.8 Å². The number of phenolic OH excluding ortho intramolecular Hbond substituents is 1. The number of hydrogen-bond acceptors (Lipinski definition) is 7. The lowest BCUT2D eigenvalue weighted by atomic mass is 10.0. The zero-order valence-electron chi connectivity index (χ0n) is 17.2. The number of nitrogens with zero attached hydrogens (tertiary/aromatic N) is 5. The lowest BCUT2D eigenvalue weighted by Crippen LogP contribution is -2.14. The van der Waals surface area contributed by atoms with Crippen molar-refractivity contribution in [2.24, 2.45) is 0 Å². The molecule has 2 heterocycles. The first-order valence-corrected chi connectivity index (χ1v) is 10.1. The van der Waals surface area contributed by atoms with E-state index in [1.54, 1.807) is 10.8 Å². The molecule has 0 aliphatic heterocycles. The van der Waals surface area contributed by atoms with E-state index in [-0.39, 0.29) is 41.0 Å². The maximum atomic E-state index is 12.8. The van der Waals surface area contributed by atoms with Gasteiger partial charge in [-0.2, -0.15) is 5.21 Å². The molecule has 1 amide bonds. The molecule has 0 saturated carbocycles. The number of nitrogens with one attached hydrogen (secondary N) is 2. The third kappa shape index (κ3) is 5.65. The van der Waals surface area contributed by atoms with E-state index in [0.717, 1.165) is 25.7 Å². The van der Waals surface area contributed by atoms with Gasteiger partial charge in [-0.15, -0.1) is 10.2 Å². The Kier molecular flexibility index (Phi) is 7.31. The van der Waals surface area contributed by atoms with Crippen molar-refractivity contribution < 1.29 is 19.8 Å². The first-order valence-electron chi connectivity index (χ1n) is 10.1. The Bertz CT molecular complexity index is 1020. The van der Waals surface area contributed by atoms with Crippen molar-refractivity contribution in [3.05, 3.63) is 36.3 Å². The Labute approximate surface area is 178 Å². The van der Waals surface area contributed by atoms with Crippen LogP contribution in [0.25, 0.3) is 11.4 Å². The molecule has 31 heavy (non-hydrogen) atoms. The maximum Gasteiger partial charge on any atom is 0.305 e. The van der Waals surface area contributed by atoms with E-state index in [0.29, 0.717) is 6.42 Å². The fraction of sp³-hybridized carbons (Fsp3) is 0.400. The standard InChI is InChI=1S/C20H25N7O4/c1-2-3-4-5-7-13(10-17(29)30)27-11-16(21-12-27)22-20(31)14-8-6-9-15(28)18(14)19-23-25-26-24-19/h6,8-9,11-13,28H,2-5,7,10H2,1H3,(H,22,31)(H,29,30)(H,23,24,25,26). The zero-order chi connectivity index (χ0) is 22.2. The van der Waals surface area contributed by atoms with Crippen LogP contribution in [0.4, 0.5) is 5.82 Å². The summed E-state index contributed by atoms with van der Waals surface area (Å²) < 4.78 is 1.72. The number of benzene rings is 1. The fourth-order valence-electron chi connectivity index (χ4n) is 3.38. The summed E-state index contributed by atoms with van der Waals surface area (Å²) in [4.78, 5) is 28.3. The molecule has 2 aromatic heterocycles. The van der Waals surface area contributed by atoms with Gasteiger partial charge in [-0.1, -0.05) is 38.7 Å². The number of phenols is 1. The number of aliphatic carboxylic acids is 1. The number of aromatic hydroxyl groups is 1. The summed E-state index contributed by atoms with van der Waals surface area (Å²) in [6.45, 7) is 2.12. The highest BCUT2D eigenvalue weighted by Gasteiger charge is 2.21. The second kappa shape index (κ2) is 10.3. The van der Waals surface area contributed by atoms with Gasteiger partial charge in [0.1, 0.15) is 5.75 Å². The van der Waals surface area contributed by atoms with E-state index in [1.807, 2.05) is 0 Å². The van der Waals surface area contributed by atoms with Crippen LogP contribution < -0.4 is 5.32 Å². The summed E-state index contributed by atoms with van der Waals surface area (Å²) in [5, 5.41) is 35.5. The van der Waals surface area contributed by atoms with Crippen LogP contribution in [-0.4, -0.2) is 52.3 Å². The molecule has 0 saturated heterocycles.